The van der Waals surface area contributed by atoms with E-state index in [-0.39, 0.29) is 0 Å². The van der Waals surface area contributed by atoms with Crippen LogP contribution < -0.4 is 4.90 Å². The molecule has 37 heavy (non-hydrogen) atoms. The van der Waals surface area contributed by atoms with E-state index in [0.717, 1.165) is 12.1 Å². The highest BCUT2D eigenvalue weighted by Crippen LogP contribution is 2.44. The lowest BCUT2D eigenvalue weighted by Gasteiger charge is -2.27. The quantitative estimate of drug-likeness (QED) is 0.246. The highest BCUT2D eigenvalue weighted by molar-refractivity contribution is 5.93. The maximum atomic E-state index is 2.42. The van der Waals surface area contributed by atoms with Crippen LogP contribution in [0.15, 0.2) is 127 Å². The van der Waals surface area contributed by atoms with Gasteiger partial charge in [-0.1, -0.05) is 91.9 Å². The first-order valence-electron chi connectivity index (χ1n) is 13.2. The molecule has 0 N–H and O–H groups in total. The second-order valence-corrected chi connectivity index (χ2v) is 10.3. The molecule has 0 saturated carbocycles. The van der Waals surface area contributed by atoms with Crippen LogP contribution >= 0.6 is 0 Å². The van der Waals surface area contributed by atoms with Crippen LogP contribution in [0.3, 0.4) is 0 Å². The van der Waals surface area contributed by atoms with Gasteiger partial charge in [-0.2, -0.15) is 0 Å². The second kappa shape index (κ2) is 8.94. The summed E-state index contributed by atoms with van der Waals surface area (Å²) < 4.78 is 0. The molecule has 1 atom stereocenters. The van der Waals surface area contributed by atoms with Crippen molar-refractivity contribution < 1.29 is 0 Å². The van der Waals surface area contributed by atoms with Crippen molar-refractivity contribution in [1.82, 2.24) is 0 Å². The molecule has 0 aliphatic heterocycles. The monoisotopic (exact) mass is 475 g/mol. The van der Waals surface area contributed by atoms with Crippen molar-refractivity contribution in [2.45, 2.75) is 25.7 Å². The highest BCUT2D eigenvalue weighted by Gasteiger charge is 2.22. The molecule has 0 amide bonds. The first kappa shape index (κ1) is 21.9. The van der Waals surface area contributed by atoms with Crippen molar-refractivity contribution in [3.8, 4) is 11.1 Å². The number of hydrogen-bond donors (Lipinski definition) is 0. The maximum Gasteiger partial charge on any atom is 0.0468 e. The molecule has 0 spiro atoms. The molecule has 178 valence electrons. The smallest absolute Gasteiger partial charge is 0.0468 e. The summed E-state index contributed by atoms with van der Waals surface area (Å²) in [6, 6.07) is 46.8. The van der Waals surface area contributed by atoms with Crippen LogP contribution in [0.25, 0.3) is 32.7 Å². The van der Waals surface area contributed by atoms with E-state index in [4.69, 9.17) is 0 Å². The lowest BCUT2D eigenvalue weighted by Crippen LogP contribution is -2.10. The van der Waals surface area contributed by atoms with Crippen LogP contribution in [0.4, 0.5) is 17.1 Å². The van der Waals surface area contributed by atoms with Crippen LogP contribution in [0.2, 0.25) is 0 Å². The van der Waals surface area contributed by atoms with E-state index in [2.05, 4.69) is 139 Å². The van der Waals surface area contributed by atoms with Crippen molar-refractivity contribution in [3.05, 3.63) is 139 Å². The molecule has 6 aromatic carbocycles. The van der Waals surface area contributed by atoms with E-state index < -0.39 is 0 Å². The molecule has 0 heterocycles. The fourth-order valence-corrected chi connectivity index (χ4v) is 5.96. The van der Waals surface area contributed by atoms with Crippen LogP contribution in [0.1, 0.15) is 30.4 Å². The van der Waals surface area contributed by atoms with Gasteiger partial charge in [0.1, 0.15) is 0 Å². The summed E-state index contributed by atoms with van der Waals surface area (Å²) in [4.78, 5) is 2.39. The molecule has 1 nitrogen and oxygen atoms in total. The molecule has 0 fully saturated rings. The van der Waals surface area contributed by atoms with Crippen molar-refractivity contribution in [2.24, 2.45) is 0 Å². The summed E-state index contributed by atoms with van der Waals surface area (Å²) in [5.41, 5.74) is 9.18. The Bertz CT molecular complexity index is 1750. The van der Waals surface area contributed by atoms with Crippen molar-refractivity contribution >= 4 is 38.6 Å². The summed E-state index contributed by atoms with van der Waals surface area (Å²) in [6.45, 7) is 2.38. The number of hydrogen-bond acceptors (Lipinski definition) is 1. The van der Waals surface area contributed by atoms with E-state index in [0.29, 0.717) is 5.92 Å². The van der Waals surface area contributed by atoms with Crippen molar-refractivity contribution in [1.29, 1.82) is 0 Å². The van der Waals surface area contributed by atoms with Gasteiger partial charge in [0.25, 0.3) is 0 Å². The molecule has 1 heteroatoms. The summed E-state index contributed by atoms with van der Waals surface area (Å²) >= 11 is 0. The average molecular weight is 476 g/mol. The Morgan fingerprint density at radius 1 is 0.514 bits per heavy atom. The number of para-hydroxylation sites is 1. The molecule has 1 unspecified atom stereocenters. The number of fused-ring (bicyclic) bond motifs is 5. The van der Waals surface area contributed by atoms with Gasteiger partial charge in [0.15, 0.2) is 0 Å². The molecule has 7 rings (SSSR count). The zero-order chi connectivity index (χ0) is 24.8. The number of nitrogens with zero attached hydrogens (tertiary/aromatic N) is 1. The normalized spacial score (nSPS) is 14.7. The van der Waals surface area contributed by atoms with Crippen LogP contribution in [-0.2, 0) is 6.42 Å². The third-order valence-electron chi connectivity index (χ3n) is 7.94. The van der Waals surface area contributed by atoms with E-state index in [1.807, 2.05) is 0 Å². The highest BCUT2D eigenvalue weighted by atomic mass is 15.1. The third-order valence-corrected chi connectivity index (χ3v) is 7.94. The number of benzene rings is 6. The van der Waals surface area contributed by atoms with Crippen LogP contribution in [0, 0.1) is 0 Å². The third kappa shape index (κ3) is 3.88. The number of aryl methyl sites for hydroxylation is 1. The van der Waals surface area contributed by atoms with Crippen LogP contribution in [0.5, 0.6) is 0 Å². The predicted molar refractivity (Wildman–Crippen MR) is 158 cm³/mol. The molecule has 0 radical (unpaired) electrons. The van der Waals surface area contributed by atoms with Gasteiger partial charge in [-0.15, -0.1) is 0 Å². The molecule has 1 aliphatic carbocycles. The molecular formula is C36H29N. The first-order chi connectivity index (χ1) is 18.2. The van der Waals surface area contributed by atoms with Crippen LogP contribution in [-0.4, -0.2) is 0 Å². The lowest BCUT2D eigenvalue weighted by atomic mass is 9.90. The Hall–Kier alpha value is -4.36. The Labute approximate surface area is 218 Å². The van der Waals surface area contributed by atoms with E-state index in [9.17, 15) is 0 Å². The van der Waals surface area contributed by atoms with Gasteiger partial charge in [0, 0.05) is 17.1 Å². The molecule has 0 aromatic heterocycles. The van der Waals surface area contributed by atoms with E-state index in [1.54, 1.807) is 0 Å². The molecule has 1 aliphatic rings. The standard InChI is InChI=1S/C36H29N/c1-25-15-16-30-21-27-10-7-8-12-29(27)23-35(30)36-24-33(19-20-34(25)36)37(31-13-3-2-4-14-31)32-18-17-26-9-5-6-11-28(26)22-32/h2-14,17-25H,15-16H2,1H3. The minimum absolute atomic E-state index is 0.519. The van der Waals surface area contributed by atoms with Gasteiger partial charge in [-0.25, -0.2) is 0 Å². The average Bonchev–Trinajstić information content (AvgIpc) is 3.08. The molecule has 0 saturated heterocycles. The number of rotatable bonds is 3. The molecule has 6 aromatic rings. The summed E-state index contributed by atoms with van der Waals surface area (Å²) in [7, 11) is 0. The summed E-state index contributed by atoms with van der Waals surface area (Å²) in [6.07, 6.45) is 2.28. The lowest BCUT2D eigenvalue weighted by molar-refractivity contribution is 0.689. The summed E-state index contributed by atoms with van der Waals surface area (Å²) in [5, 5.41) is 5.15. The Balaban J connectivity index is 1.45. The fourth-order valence-electron chi connectivity index (χ4n) is 5.96. The zero-order valence-electron chi connectivity index (χ0n) is 21.1. The van der Waals surface area contributed by atoms with Gasteiger partial charge in [-0.3, -0.25) is 0 Å². The van der Waals surface area contributed by atoms with E-state index in [1.165, 1.54) is 61.6 Å². The number of anilines is 3. The molecule has 0 bridgehead atoms. The fraction of sp³-hybridized carbons (Fsp3) is 0.111. The SMILES string of the molecule is CC1CCc2cc3ccccc3cc2-c2cc(N(c3ccccc3)c3ccc4ccccc4c3)ccc21. The Kier molecular flexibility index (Phi) is 5.29. The Morgan fingerprint density at radius 3 is 1.92 bits per heavy atom. The van der Waals surface area contributed by atoms with Gasteiger partial charge in [-0.05, 0) is 105 Å². The minimum atomic E-state index is 0.519. The van der Waals surface area contributed by atoms with Crippen molar-refractivity contribution in [2.75, 3.05) is 4.90 Å². The topological polar surface area (TPSA) is 3.24 Å². The Morgan fingerprint density at radius 2 is 1.14 bits per heavy atom. The zero-order valence-corrected chi connectivity index (χ0v) is 21.1. The second-order valence-electron chi connectivity index (χ2n) is 10.3. The van der Waals surface area contributed by atoms with Crippen molar-refractivity contribution in [3.63, 3.8) is 0 Å². The van der Waals surface area contributed by atoms with Gasteiger partial charge >= 0.3 is 0 Å². The largest absolute Gasteiger partial charge is 0.310 e. The van der Waals surface area contributed by atoms with Gasteiger partial charge in [0.2, 0.25) is 0 Å². The van der Waals surface area contributed by atoms with Gasteiger partial charge < -0.3 is 4.90 Å². The van der Waals surface area contributed by atoms with Gasteiger partial charge in [0.05, 0.1) is 0 Å². The summed E-state index contributed by atoms with van der Waals surface area (Å²) in [5.74, 6) is 0.519. The predicted octanol–water partition coefficient (Wildman–Crippen LogP) is 10.2. The molecular weight excluding hydrogens is 446 g/mol. The maximum absolute atomic E-state index is 2.42. The minimum Gasteiger partial charge on any atom is -0.310 e. The van der Waals surface area contributed by atoms with E-state index >= 15 is 0 Å². The first-order valence-corrected chi connectivity index (χ1v) is 13.2.